The third-order valence-electron chi connectivity index (χ3n) is 3.58. The fourth-order valence-electron chi connectivity index (χ4n) is 2.48. The molecule has 2 rings (SSSR count). The smallest absolute Gasteiger partial charge is 0.410 e. The van der Waals surface area contributed by atoms with Crippen LogP contribution in [0.5, 0.6) is 0 Å². The highest BCUT2D eigenvalue weighted by Gasteiger charge is 2.31. The van der Waals surface area contributed by atoms with Crippen molar-refractivity contribution in [1.82, 2.24) is 4.90 Å². The molecular weight excluding hydrogens is 360 g/mol. The summed E-state index contributed by atoms with van der Waals surface area (Å²) >= 11 is 3.42. The molecule has 0 radical (unpaired) electrons. The Balaban J connectivity index is 1.96. The Bertz CT molecular complexity index is 583. The molecule has 5 nitrogen and oxygen atoms in total. The van der Waals surface area contributed by atoms with E-state index < -0.39 is 5.60 Å². The predicted octanol–water partition coefficient (Wildman–Crippen LogP) is 4.03. The van der Waals surface area contributed by atoms with E-state index in [9.17, 15) is 9.59 Å². The maximum absolute atomic E-state index is 12.5. The number of likely N-dealkylation sites (tertiary alicyclic amines) is 1. The van der Waals surface area contributed by atoms with Crippen molar-refractivity contribution >= 4 is 33.6 Å². The fraction of sp³-hybridized carbons (Fsp3) is 0.529. The first kappa shape index (κ1) is 17.8. The number of benzene rings is 1. The van der Waals surface area contributed by atoms with Crippen LogP contribution in [-0.4, -0.2) is 35.6 Å². The second-order valence-electron chi connectivity index (χ2n) is 6.73. The second kappa shape index (κ2) is 7.34. The Hall–Kier alpha value is -1.56. The lowest BCUT2D eigenvalue weighted by Crippen LogP contribution is -2.45. The highest BCUT2D eigenvalue weighted by atomic mass is 79.9. The van der Waals surface area contributed by atoms with Crippen LogP contribution in [0, 0.1) is 5.92 Å². The number of amides is 2. The molecule has 1 saturated heterocycles. The molecule has 1 heterocycles. The molecule has 1 N–H and O–H groups in total. The van der Waals surface area contributed by atoms with Gasteiger partial charge in [-0.05, 0) is 61.7 Å². The summed E-state index contributed by atoms with van der Waals surface area (Å²) < 4.78 is 6.23. The molecule has 1 atom stereocenters. The monoisotopic (exact) mass is 382 g/mol. The van der Waals surface area contributed by atoms with Gasteiger partial charge < -0.3 is 15.0 Å². The first-order chi connectivity index (χ1) is 10.8. The van der Waals surface area contributed by atoms with E-state index in [0.717, 1.165) is 23.0 Å². The third-order valence-corrected chi connectivity index (χ3v) is 4.27. The molecule has 0 bridgehead atoms. The number of halogens is 1. The first-order valence-corrected chi connectivity index (χ1v) is 8.59. The maximum atomic E-state index is 12.5. The van der Waals surface area contributed by atoms with Gasteiger partial charge in [0, 0.05) is 17.6 Å². The van der Waals surface area contributed by atoms with Crippen molar-refractivity contribution in [1.29, 1.82) is 0 Å². The maximum Gasteiger partial charge on any atom is 0.410 e. The Kier molecular flexibility index (Phi) is 5.68. The summed E-state index contributed by atoms with van der Waals surface area (Å²) in [5.41, 5.74) is 0.216. The minimum Gasteiger partial charge on any atom is -0.444 e. The van der Waals surface area contributed by atoms with Gasteiger partial charge in [-0.3, -0.25) is 4.79 Å². The first-order valence-electron chi connectivity index (χ1n) is 7.79. The van der Waals surface area contributed by atoms with E-state index in [4.69, 9.17) is 4.74 Å². The van der Waals surface area contributed by atoms with Gasteiger partial charge in [0.05, 0.1) is 11.6 Å². The summed E-state index contributed by atoms with van der Waals surface area (Å²) in [5.74, 6) is -0.284. The summed E-state index contributed by atoms with van der Waals surface area (Å²) in [6.45, 7) is 6.54. The lowest BCUT2D eigenvalue weighted by molar-refractivity contribution is -0.121. The molecule has 0 spiro atoms. The van der Waals surface area contributed by atoms with E-state index in [1.54, 1.807) is 4.90 Å². The Labute approximate surface area is 145 Å². The Morgan fingerprint density at radius 3 is 2.65 bits per heavy atom. The van der Waals surface area contributed by atoms with E-state index in [1.165, 1.54) is 0 Å². The standard InChI is InChI=1S/C17H23BrN2O3/c1-17(2,3)23-16(22)20-10-6-7-12(11-20)15(21)19-14-9-5-4-8-13(14)18/h4-5,8-9,12H,6-7,10-11H2,1-3H3,(H,19,21). The van der Waals surface area contributed by atoms with E-state index >= 15 is 0 Å². The topological polar surface area (TPSA) is 58.6 Å². The molecule has 1 aromatic rings. The van der Waals surface area contributed by atoms with Gasteiger partial charge in [-0.1, -0.05) is 12.1 Å². The second-order valence-corrected chi connectivity index (χ2v) is 7.59. The largest absolute Gasteiger partial charge is 0.444 e. The minimum atomic E-state index is -0.527. The quantitative estimate of drug-likeness (QED) is 0.839. The van der Waals surface area contributed by atoms with Crippen LogP contribution in [0.4, 0.5) is 10.5 Å². The lowest BCUT2D eigenvalue weighted by atomic mass is 9.97. The predicted molar refractivity (Wildman–Crippen MR) is 93.3 cm³/mol. The average Bonchev–Trinajstić information content (AvgIpc) is 2.48. The van der Waals surface area contributed by atoms with Crippen LogP contribution >= 0.6 is 15.9 Å². The molecular formula is C17H23BrN2O3. The van der Waals surface area contributed by atoms with E-state index in [1.807, 2.05) is 45.0 Å². The molecule has 1 aliphatic rings. The molecule has 0 saturated carbocycles. The van der Waals surface area contributed by atoms with Crippen molar-refractivity contribution in [3.63, 3.8) is 0 Å². The van der Waals surface area contributed by atoms with Crippen molar-refractivity contribution in [2.75, 3.05) is 18.4 Å². The molecule has 1 fully saturated rings. The molecule has 1 aliphatic heterocycles. The molecule has 0 aliphatic carbocycles. The van der Waals surface area contributed by atoms with Gasteiger partial charge in [0.1, 0.15) is 5.60 Å². The number of hydrogen-bond donors (Lipinski definition) is 1. The van der Waals surface area contributed by atoms with E-state index in [-0.39, 0.29) is 17.9 Å². The van der Waals surface area contributed by atoms with Gasteiger partial charge in [0.15, 0.2) is 0 Å². The summed E-state index contributed by atoms with van der Waals surface area (Å²) in [4.78, 5) is 26.2. The Morgan fingerprint density at radius 2 is 2.00 bits per heavy atom. The van der Waals surface area contributed by atoms with Gasteiger partial charge in [0.25, 0.3) is 0 Å². The number of rotatable bonds is 2. The van der Waals surface area contributed by atoms with Crippen molar-refractivity contribution in [2.24, 2.45) is 5.92 Å². The number of carbonyl (C=O) groups excluding carboxylic acids is 2. The van der Waals surface area contributed by atoms with Gasteiger partial charge in [-0.25, -0.2) is 4.79 Å². The van der Waals surface area contributed by atoms with Crippen LogP contribution in [0.15, 0.2) is 28.7 Å². The zero-order valence-corrected chi connectivity index (χ0v) is 15.4. The van der Waals surface area contributed by atoms with Crippen molar-refractivity contribution < 1.29 is 14.3 Å². The number of nitrogens with one attached hydrogen (secondary N) is 1. The SMILES string of the molecule is CC(C)(C)OC(=O)N1CCCC(C(=O)Nc2ccccc2Br)C1. The van der Waals surface area contributed by atoms with Gasteiger partial charge in [-0.2, -0.15) is 0 Å². The number of hydrogen-bond acceptors (Lipinski definition) is 3. The fourth-order valence-corrected chi connectivity index (χ4v) is 2.86. The zero-order valence-electron chi connectivity index (χ0n) is 13.8. The molecule has 6 heteroatoms. The van der Waals surface area contributed by atoms with Gasteiger partial charge in [-0.15, -0.1) is 0 Å². The van der Waals surface area contributed by atoms with E-state index in [0.29, 0.717) is 13.1 Å². The van der Waals surface area contributed by atoms with Crippen LogP contribution < -0.4 is 5.32 Å². The number of para-hydroxylation sites is 1. The number of nitrogens with zero attached hydrogens (tertiary/aromatic N) is 1. The van der Waals surface area contributed by atoms with Gasteiger partial charge >= 0.3 is 6.09 Å². The summed E-state index contributed by atoms with van der Waals surface area (Å²) in [6, 6.07) is 7.48. The van der Waals surface area contributed by atoms with E-state index in [2.05, 4.69) is 21.2 Å². The molecule has 23 heavy (non-hydrogen) atoms. The zero-order chi connectivity index (χ0) is 17.0. The minimum absolute atomic E-state index is 0.0647. The summed E-state index contributed by atoms with van der Waals surface area (Å²) in [7, 11) is 0. The van der Waals surface area contributed by atoms with Crippen molar-refractivity contribution in [2.45, 2.75) is 39.2 Å². The lowest BCUT2D eigenvalue weighted by Gasteiger charge is -2.33. The highest BCUT2D eigenvalue weighted by molar-refractivity contribution is 9.10. The molecule has 0 aromatic heterocycles. The number of anilines is 1. The Morgan fingerprint density at radius 1 is 1.30 bits per heavy atom. The van der Waals surface area contributed by atoms with Crippen LogP contribution in [0.1, 0.15) is 33.6 Å². The number of piperidine rings is 1. The summed E-state index contributed by atoms with van der Waals surface area (Å²) in [5, 5.41) is 2.92. The van der Waals surface area contributed by atoms with Crippen molar-refractivity contribution in [3.8, 4) is 0 Å². The summed E-state index contributed by atoms with van der Waals surface area (Å²) in [6.07, 6.45) is 1.22. The number of carbonyl (C=O) groups is 2. The van der Waals surface area contributed by atoms with Crippen LogP contribution in [0.2, 0.25) is 0 Å². The molecule has 1 aromatic carbocycles. The van der Waals surface area contributed by atoms with Crippen molar-refractivity contribution in [3.05, 3.63) is 28.7 Å². The van der Waals surface area contributed by atoms with Crippen LogP contribution in [-0.2, 0) is 9.53 Å². The normalized spacial score (nSPS) is 18.4. The molecule has 2 amide bonds. The van der Waals surface area contributed by atoms with Gasteiger partial charge in [0.2, 0.25) is 5.91 Å². The molecule has 1 unspecified atom stereocenters. The number of ether oxygens (including phenoxy) is 1. The third kappa shape index (κ3) is 5.23. The molecule has 126 valence electrons. The van der Waals surface area contributed by atoms with Crippen LogP contribution in [0.3, 0.4) is 0 Å². The highest BCUT2D eigenvalue weighted by Crippen LogP contribution is 2.24. The van der Waals surface area contributed by atoms with Crippen LogP contribution in [0.25, 0.3) is 0 Å². The average molecular weight is 383 g/mol.